The molecule has 0 fully saturated rings. The van der Waals surface area contributed by atoms with Crippen molar-refractivity contribution in [1.82, 2.24) is 15.1 Å². The fraction of sp³-hybridized carbons (Fsp3) is 0.286. The molecule has 0 bridgehead atoms. The zero-order valence-electron chi connectivity index (χ0n) is 16.1. The Labute approximate surface area is 167 Å². The molecule has 7 heteroatoms. The summed E-state index contributed by atoms with van der Waals surface area (Å²) in [5, 5.41) is 13.8. The molecule has 6 nitrogen and oxygen atoms in total. The summed E-state index contributed by atoms with van der Waals surface area (Å²) in [5.41, 5.74) is 4.20. The topological polar surface area (TPSA) is 78.1 Å². The van der Waals surface area contributed by atoms with Crippen LogP contribution in [0.3, 0.4) is 0 Å². The van der Waals surface area contributed by atoms with Crippen LogP contribution in [-0.2, 0) is 18.5 Å². The third kappa shape index (κ3) is 3.45. The zero-order valence-corrected chi connectivity index (χ0v) is 16.9. The Morgan fingerprint density at radius 3 is 2.50 bits per heavy atom. The first-order chi connectivity index (χ1) is 13.3. The molecule has 0 spiro atoms. The molecule has 2 amide bonds. The van der Waals surface area contributed by atoms with E-state index in [0.29, 0.717) is 30.0 Å². The zero-order chi connectivity index (χ0) is 19.9. The highest BCUT2D eigenvalue weighted by atomic mass is 32.1. The SMILES string of the molecule is CC(C)(C)c1ccc(C(=O)Nc2n[nH]c3c2CN(C(=O)c2ccsc2)C3)cc1. The van der Waals surface area contributed by atoms with E-state index in [1.807, 2.05) is 41.1 Å². The van der Waals surface area contributed by atoms with Crippen LogP contribution in [-0.4, -0.2) is 26.9 Å². The number of rotatable bonds is 3. The van der Waals surface area contributed by atoms with Gasteiger partial charge in [-0.3, -0.25) is 14.7 Å². The van der Waals surface area contributed by atoms with Gasteiger partial charge < -0.3 is 10.2 Å². The molecule has 1 aliphatic rings. The van der Waals surface area contributed by atoms with Crippen molar-refractivity contribution in [2.45, 2.75) is 39.3 Å². The first kappa shape index (κ1) is 18.4. The number of hydrogen-bond donors (Lipinski definition) is 2. The third-order valence-electron chi connectivity index (χ3n) is 4.95. The molecule has 0 atom stereocenters. The molecule has 0 unspecified atom stereocenters. The summed E-state index contributed by atoms with van der Waals surface area (Å²) in [6.45, 7) is 7.31. The molecule has 2 aromatic heterocycles. The van der Waals surface area contributed by atoms with Crippen molar-refractivity contribution in [3.63, 3.8) is 0 Å². The Bertz CT molecular complexity index is 1010. The largest absolute Gasteiger partial charge is 0.328 e. The van der Waals surface area contributed by atoms with E-state index in [9.17, 15) is 9.59 Å². The summed E-state index contributed by atoms with van der Waals surface area (Å²) in [6.07, 6.45) is 0. The van der Waals surface area contributed by atoms with E-state index >= 15 is 0 Å². The highest BCUT2D eigenvalue weighted by Gasteiger charge is 2.29. The van der Waals surface area contributed by atoms with Crippen LogP contribution in [0.15, 0.2) is 41.1 Å². The number of nitrogens with one attached hydrogen (secondary N) is 2. The minimum absolute atomic E-state index is 0.0131. The highest BCUT2D eigenvalue weighted by Crippen LogP contribution is 2.29. The first-order valence-electron chi connectivity index (χ1n) is 9.12. The second-order valence-electron chi connectivity index (χ2n) is 7.98. The van der Waals surface area contributed by atoms with Gasteiger partial charge >= 0.3 is 0 Å². The monoisotopic (exact) mass is 394 g/mol. The normalized spacial score (nSPS) is 13.5. The van der Waals surface area contributed by atoms with Crippen molar-refractivity contribution < 1.29 is 9.59 Å². The van der Waals surface area contributed by atoms with Crippen LogP contribution in [0.5, 0.6) is 0 Å². The van der Waals surface area contributed by atoms with E-state index in [4.69, 9.17) is 0 Å². The molecule has 0 aliphatic carbocycles. The van der Waals surface area contributed by atoms with Crippen molar-refractivity contribution in [2.75, 3.05) is 5.32 Å². The van der Waals surface area contributed by atoms with Crippen molar-refractivity contribution in [3.05, 3.63) is 69.0 Å². The van der Waals surface area contributed by atoms with Crippen LogP contribution in [0.25, 0.3) is 0 Å². The number of amides is 2. The van der Waals surface area contributed by atoms with Crippen molar-refractivity contribution in [3.8, 4) is 0 Å². The number of carbonyl (C=O) groups excluding carboxylic acids is 2. The number of anilines is 1. The molecule has 2 N–H and O–H groups in total. The molecular weight excluding hydrogens is 372 g/mol. The summed E-state index contributed by atoms with van der Waals surface area (Å²) in [7, 11) is 0. The number of aromatic nitrogens is 2. The molecule has 3 aromatic rings. The molecule has 28 heavy (non-hydrogen) atoms. The molecule has 3 heterocycles. The number of thiophene rings is 1. The number of fused-ring (bicyclic) bond motifs is 1. The third-order valence-corrected chi connectivity index (χ3v) is 5.63. The molecule has 0 radical (unpaired) electrons. The average molecular weight is 395 g/mol. The maximum atomic E-state index is 12.6. The van der Waals surface area contributed by atoms with Gasteiger partial charge in [-0.15, -0.1) is 0 Å². The van der Waals surface area contributed by atoms with E-state index in [2.05, 4.69) is 36.3 Å². The highest BCUT2D eigenvalue weighted by molar-refractivity contribution is 7.08. The molecule has 4 rings (SSSR count). The van der Waals surface area contributed by atoms with E-state index in [1.165, 1.54) is 16.9 Å². The first-order valence-corrected chi connectivity index (χ1v) is 10.1. The number of H-pyrrole nitrogens is 1. The van der Waals surface area contributed by atoms with Crippen molar-refractivity contribution >= 4 is 29.0 Å². The van der Waals surface area contributed by atoms with Crippen LogP contribution >= 0.6 is 11.3 Å². The Kier molecular flexibility index (Phi) is 4.55. The van der Waals surface area contributed by atoms with Crippen LogP contribution in [0, 0.1) is 0 Å². The number of hydrogen-bond acceptors (Lipinski definition) is 4. The van der Waals surface area contributed by atoms with Gasteiger partial charge in [-0.05, 0) is 34.6 Å². The van der Waals surface area contributed by atoms with Gasteiger partial charge in [-0.2, -0.15) is 16.4 Å². The quantitative estimate of drug-likeness (QED) is 0.700. The Morgan fingerprint density at radius 1 is 1.11 bits per heavy atom. The second-order valence-corrected chi connectivity index (χ2v) is 8.76. The molecule has 0 saturated heterocycles. The van der Waals surface area contributed by atoms with Gasteiger partial charge in [0.2, 0.25) is 0 Å². The van der Waals surface area contributed by atoms with E-state index < -0.39 is 0 Å². The minimum Gasteiger partial charge on any atom is -0.328 e. The van der Waals surface area contributed by atoms with Gasteiger partial charge in [-0.1, -0.05) is 32.9 Å². The fourth-order valence-electron chi connectivity index (χ4n) is 3.26. The van der Waals surface area contributed by atoms with Crippen LogP contribution in [0.1, 0.15) is 58.3 Å². The minimum atomic E-state index is -0.211. The maximum Gasteiger partial charge on any atom is 0.256 e. The number of aromatic amines is 1. The smallest absolute Gasteiger partial charge is 0.256 e. The van der Waals surface area contributed by atoms with E-state index in [0.717, 1.165) is 11.3 Å². The number of benzene rings is 1. The van der Waals surface area contributed by atoms with E-state index in [-0.39, 0.29) is 17.2 Å². The predicted molar refractivity (Wildman–Crippen MR) is 110 cm³/mol. The lowest BCUT2D eigenvalue weighted by Gasteiger charge is -2.19. The average Bonchev–Trinajstić information content (AvgIpc) is 3.39. The van der Waals surface area contributed by atoms with Gasteiger partial charge in [-0.25, -0.2) is 0 Å². The summed E-state index contributed by atoms with van der Waals surface area (Å²) in [6, 6.07) is 9.43. The summed E-state index contributed by atoms with van der Waals surface area (Å²) < 4.78 is 0. The standard InChI is InChI=1S/C21H22N4O2S/c1-21(2,3)15-6-4-13(5-7-15)19(26)22-18-16-10-25(11-17(16)23-24-18)20(27)14-8-9-28-12-14/h4-9,12H,10-11H2,1-3H3,(H2,22,23,24,26). The molecule has 1 aromatic carbocycles. The Morgan fingerprint density at radius 2 is 1.86 bits per heavy atom. The molecule has 0 saturated carbocycles. The maximum absolute atomic E-state index is 12.6. The Balaban J connectivity index is 1.47. The van der Waals surface area contributed by atoms with E-state index in [1.54, 1.807) is 4.90 Å². The van der Waals surface area contributed by atoms with Gasteiger partial charge in [0.25, 0.3) is 11.8 Å². The van der Waals surface area contributed by atoms with Crippen LogP contribution in [0.2, 0.25) is 0 Å². The van der Waals surface area contributed by atoms with Gasteiger partial charge in [0.15, 0.2) is 5.82 Å². The van der Waals surface area contributed by atoms with Crippen molar-refractivity contribution in [1.29, 1.82) is 0 Å². The van der Waals surface area contributed by atoms with Gasteiger partial charge in [0.1, 0.15) is 0 Å². The summed E-state index contributed by atoms with van der Waals surface area (Å²) in [4.78, 5) is 26.9. The number of carbonyl (C=O) groups is 2. The predicted octanol–water partition coefficient (Wildman–Crippen LogP) is 4.18. The lowest BCUT2D eigenvalue weighted by Crippen LogP contribution is -2.25. The summed E-state index contributed by atoms with van der Waals surface area (Å²) >= 11 is 1.50. The van der Waals surface area contributed by atoms with Crippen molar-refractivity contribution in [2.24, 2.45) is 0 Å². The lowest BCUT2D eigenvalue weighted by molar-refractivity contribution is 0.0750. The van der Waals surface area contributed by atoms with Crippen LogP contribution in [0.4, 0.5) is 5.82 Å². The molecule has 1 aliphatic heterocycles. The van der Waals surface area contributed by atoms with Gasteiger partial charge in [0, 0.05) is 16.5 Å². The number of nitrogens with zero attached hydrogens (tertiary/aromatic N) is 2. The second kappa shape index (κ2) is 6.91. The fourth-order valence-corrected chi connectivity index (χ4v) is 3.89. The summed E-state index contributed by atoms with van der Waals surface area (Å²) in [5.74, 6) is 0.263. The van der Waals surface area contributed by atoms with Crippen LogP contribution < -0.4 is 5.32 Å². The molecular formula is C21H22N4O2S. The van der Waals surface area contributed by atoms with Gasteiger partial charge in [0.05, 0.1) is 24.3 Å². The molecule has 144 valence electrons. The Hall–Kier alpha value is -2.93. The lowest BCUT2D eigenvalue weighted by atomic mass is 9.87.